The van der Waals surface area contributed by atoms with Gasteiger partial charge in [0.05, 0.1) is 5.75 Å². The molecule has 2 rings (SSSR count). The topological polar surface area (TPSA) is 61.8 Å². The lowest BCUT2D eigenvalue weighted by molar-refractivity contribution is 0.257. The quantitative estimate of drug-likeness (QED) is 0.311. The minimum absolute atomic E-state index is 0. The minimum atomic E-state index is -2.93. The number of sulfone groups is 1. The molecule has 1 aliphatic heterocycles. The lowest BCUT2D eigenvalue weighted by Crippen LogP contribution is -2.46. The molecule has 166 valence electrons. The molecule has 0 saturated carbocycles. The van der Waals surface area contributed by atoms with E-state index in [0.717, 1.165) is 37.9 Å². The smallest absolute Gasteiger partial charge is 0.193 e. The second-order valence-corrected chi connectivity index (χ2v) is 11.1. The Morgan fingerprint density at radius 3 is 2.38 bits per heavy atom. The van der Waals surface area contributed by atoms with Gasteiger partial charge in [0, 0.05) is 32.4 Å². The van der Waals surface area contributed by atoms with Gasteiger partial charge in [-0.2, -0.15) is 0 Å². The zero-order chi connectivity index (χ0) is 20.6. The van der Waals surface area contributed by atoms with E-state index in [0.29, 0.717) is 13.0 Å². The third-order valence-corrected chi connectivity index (χ3v) is 6.37. The average Bonchev–Trinajstić information content (AvgIpc) is 2.65. The summed E-state index contributed by atoms with van der Waals surface area (Å²) in [4.78, 5) is 7.21. The molecule has 0 spiro atoms. The van der Waals surface area contributed by atoms with Crippen LogP contribution in [0.1, 0.15) is 45.6 Å². The van der Waals surface area contributed by atoms with Crippen molar-refractivity contribution in [3.63, 3.8) is 0 Å². The molecule has 0 bridgehead atoms. The van der Waals surface area contributed by atoms with Gasteiger partial charge >= 0.3 is 0 Å². The van der Waals surface area contributed by atoms with Crippen molar-refractivity contribution in [2.45, 2.75) is 46.5 Å². The summed E-state index contributed by atoms with van der Waals surface area (Å²) >= 11 is 0. The Balaban J connectivity index is 0.00000420. The van der Waals surface area contributed by atoms with Crippen LogP contribution in [0.25, 0.3) is 0 Å². The summed E-state index contributed by atoms with van der Waals surface area (Å²) in [7, 11) is -2.93. The number of nitrogens with zero attached hydrogens (tertiary/aromatic N) is 2. The molecule has 1 fully saturated rings. The summed E-state index contributed by atoms with van der Waals surface area (Å²) in [6.45, 7) is 9.79. The molecule has 0 unspecified atom stereocenters. The van der Waals surface area contributed by atoms with Gasteiger partial charge in [-0.3, -0.25) is 4.99 Å². The SMILES string of the molecule is CCNC(=NCC(C)(C)CCS(C)(=O)=O)N1CCC(Cc2ccccc2)CC1.I. The number of piperidine rings is 1. The molecule has 1 aromatic rings. The second kappa shape index (κ2) is 12.1. The van der Waals surface area contributed by atoms with Crippen LogP contribution in [-0.4, -0.2) is 57.5 Å². The number of benzene rings is 1. The van der Waals surface area contributed by atoms with Crippen LogP contribution in [0.5, 0.6) is 0 Å². The summed E-state index contributed by atoms with van der Waals surface area (Å²) < 4.78 is 22.9. The number of halogens is 1. The molecule has 1 saturated heterocycles. The molecule has 1 aromatic carbocycles. The van der Waals surface area contributed by atoms with E-state index < -0.39 is 9.84 Å². The van der Waals surface area contributed by atoms with Gasteiger partial charge in [-0.05, 0) is 49.5 Å². The fourth-order valence-corrected chi connectivity index (χ4v) is 4.48. The van der Waals surface area contributed by atoms with Gasteiger partial charge in [0.25, 0.3) is 0 Å². The number of hydrogen-bond donors (Lipinski definition) is 1. The maximum absolute atomic E-state index is 11.5. The molecule has 0 amide bonds. The van der Waals surface area contributed by atoms with Crippen LogP contribution in [-0.2, 0) is 16.3 Å². The van der Waals surface area contributed by atoms with Gasteiger partial charge in [0.2, 0.25) is 0 Å². The first kappa shape index (κ1) is 26.2. The molecule has 29 heavy (non-hydrogen) atoms. The van der Waals surface area contributed by atoms with E-state index >= 15 is 0 Å². The van der Waals surface area contributed by atoms with Gasteiger partial charge in [-0.15, -0.1) is 24.0 Å². The summed E-state index contributed by atoms with van der Waals surface area (Å²) in [6.07, 6.45) is 5.44. The van der Waals surface area contributed by atoms with Gasteiger partial charge < -0.3 is 10.2 Å². The zero-order valence-corrected chi connectivity index (χ0v) is 21.5. The Labute approximate surface area is 194 Å². The van der Waals surface area contributed by atoms with E-state index in [2.05, 4.69) is 61.3 Å². The number of rotatable bonds is 8. The Hall–Kier alpha value is -0.830. The summed E-state index contributed by atoms with van der Waals surface area (Å²) in [5, 5.41) is 3.42. The molecule has 0 atom stereocenters. The third kappa shape index (κ3) is 10.2. The molecule has 5 nitrogen and oxygen atoms in total. The maximum atomic E-state index is 11.5. The van der Waals surface area contributed by atoms with Crippen LogP contribution in [0.4, 0.5) is 0 Å². The van der Waals surface area contributed by atoms with Crippen molar-refractivity contribution in [1.29, 1.82) is 0 Å². The van der Waals surface area contributed by atoms with Crippen molar-refractivity contribution < 1.29 is 8.42 Å². The summed E-state index contributed by atoms with van der Waals surface area (Å²) in [6, 6.07) is 10.7. The molecule has 1 N–H and O–H groups in total. The van der Waals surface area contributed by atoms with E-state index in [1.807, 2.05) is 0 Å². The molecular weight excluding hydrogens is 497 g/mol. The van der Waals surface area contributed by atoms with Crippen molar-refractivity contribution in [1.82, 2.24) is 10.2 Å². The van der Waals surface area contributed by atoms with Gasteiger partial charge in [0.1, 0.15) is 9.84 Å². The fraction of sp³-hybridized carbons (Fsp3) is 0.682. The zero-order valence-electron chi connectivity index (χ0n) is 18.4. The first-order valence-corrected chi connectivity index (χ1v) is 12.5. The predicted molar refractivity (Wildman–Crippen MR) is 134 cm³/mol. The monoisotopic (exact) mass is 535 g/mol. The van der Waals surface area contributed by atoms with Crippen LogP contribution in [0.2, 0.25) is 0 Å². The Morgan fingerprint density at radius 1 is 1.21 bits per heavy atom. The fourth-order valence-electron chi connectivity index (χ4n) is 3.55. The van der Waals surface area contributed by atoms with Crippen molar-refractivity contribution in [2.75, 3.05) is 38.2 Å². The van der Waals surface area contributed by atoms with Crippen molar-refractivity contribution >= 4 is 39.8 Å². The second-order valence-electron chi connectivity index (χ2n) is 8.83. The number of likely N-dealkylation sites (tertiary alicyclic amines) is 1. The minimum Gasteiger partial charge on any atom is -0.357 e. The summed E-state index contributed by atoms with van der Waals surface area (Å²) in [5.41, 5.74) is 1.30. The van der Waals surface area contributed by atoms with Crippen molar-refractivity contribution in [2.24, 2.45) is 16.3 Å². The molecule has 7 heteroatoms. The molecule has 0 aliphatic carbocycles. The van der Waals surface area contributed by atoms with E-state index in [1.165, 1.54) is 24.7 Å². The van der Waals surface area contributed by atoms with E-state index in [4.69, 9.17) is 4.99 Å². The van der Waals surface area contributed by atoms with Crippen LogP contribution < -0.4 is 5.32 Å². The van der Waals surface area contributed by atoms with Crippen molar-refractivity contribution in [3.8, 4) is 0 Å². The van der Waals surface area contributed by atoms with Gasteiger partial charge in [-0.1, -0.05) is 44.2 Å². The lowest BCUT2D eigenvalue weighted by atomic mass is 9.90. The Morgan fingerprint density at radius 2 is 1.83 bits per heavy atom. The standard InChI is InChI=1S/C22H37N3O2S.HI/c1-5-23-21(24-18-22(2,3)13-16-28(4,26)27)25-14-11-20(12-15-25)17-19-9-7-6-8-10-19;/h6-10,20H,5,11-18H2,1-4H3,(H,23,24);1H. The van der Waals surface area contributed by atoms with Gasteiger partial charge in [0.15, 0.2) is 5.96 Å². The van der Waals surface area contributed by atoms with Crippen molar-refractivity contribution in [3.05, 3.63) is 35.9 Å². The van der Waals surface area contributed by atoms with Crippen LogP contribution >= 0.6 is 24.0 Å². The predicted octanol–water partition coefficient (Wildman–Crippen LogP) is 3.99. The number of hydrogen-bond acceptors (Lipinski definition) is 3. The normalized spacial score (nSPS) is 16.4. The summed E-state index contributed by atoms with van der Waals surface area (Å²) in [5.74, 6) is 1.91. The van der Waals surface area contributed by atoms with E-state index in [1.54, 1.807) is 0 Å². The molecule has 0 radical (unpaired) electrons. The third-order valence-electron chi connectivity index (χ3n) is 5.42. The molecule has 1 heterocycles. The maximum Gasteiger partial charge on any atom is 0.193 e. The highest BCUT2D eigenvalue weighted by molar-refractivity contribution is 14.0. The molecule has 1 aliphatic rings. The van der Waals surface area contributed by atoms with Crippen LogP contribution in [0.3, 0.4) is 0 Å². The van der Waals surface area contributed by atoms with Crippen LogP contribution in [0, 0.1) is 11.3 Å². The number of guanidine groups is 1. The Kier molecular flexibility index (Phi) is 11.0. The number of aliphatic imine (C=N–C) groups is 1. The highest BCUT2D eigenvalue weighted by atomic mass is 127. The van der Waals surface area contributed by atoms with E-state index in [9.17, 15) is 8.42 Å². The Bertz CT molecular complexity index is 728. The lowest BCUT2D eigenvalue weighted by Gasteiger charge is -2.35. The molecule has 0 aromatic heterocycles. The number of nitrogens with one attached hydrogen (secondary N) is 1. The molecular formula is C22H38IN3O2S. The van der Waals surface area contributed by atoms with Crippen LogP contribution in [0.15, 0.2) is 35.3 Å². The largest absolute Gasteiger partial charge is 0.357 e. The van der Waals surface area contributed by atoms with E-state index in [-0.39, 0.29) is 35.1 Å². The average molecular weight is 536 g/mol. The highest BCUT2D eigenvalue weighted by Crippen LogP contribution is 2.24. The highest BCUT2D eigenvalue weighted by Gasteiger charge is 2.24. The first-order chi connectivity index (χ1) is 13.2. The van der Waals surface area contributed by atoms with Gasteiger partial charge in [-0.25, -0.2) is 8.42 Å². The first-order valence-electron chi connectivity index (χ1n) is 10.4.